The van der Waals surface area contributed by atoms with Gasteiger partial charge in [0.25, 0.3) is 0 Å². The molecule has 0 aliphatic carbocycles. The van der Waals surface area contributed by atoms with Crippen LogP contribution in [0.1, 0.15) is 26.3 Å². The van der Waals surface area contributed by atoms with Crippen LogP contribution in [-0.2, 0) is 5.41 Å². The maximum Gasteiger partial charge on any atom is 0.248 e. The van der Waals surface area contributed by atoms with Crippen molar-refractivity contribution in [2.75, 3.05) is 0 Å². The third kappa shape index (κ3) is 2.79. The molecule has 2 aromatic heterocycles. The van der Waals surface area contributed by atoms with Gasteiger partial charge in [0.15, 0.2) is 0 Å². The maximum absolute atomic E-state index is 11.3. The van der Waals surface area contributed by atoms with Crippen LogP contribution >= 0.6 is 11.6 Å². The van der Waals surface area contributed by atoms with Crippen molar-refractivity contribution in [2.45, 2.75) is 26.2 Å². The predicted octanol–water partition coefficient (Wildman–Crippen LogP) is 3.39. The normalized spacial score (nSPS) is 11.6. The quantitative estimate of drug-likeness (QED) is 0.801. The van der Waals surface area contributed by atoms with Crippen LogP contribution in [0.2, 0.25) is 5.15 Å². The van der Waals surface area contributed by atoms with Gasteiger partial charge in [-0.15, -0.1) is 0 Å². The number of hydrogen-bond acceptors (Lipinski definition) is 2. The molecular formula is C14H15ClN2O. The molecule has 18 heavy (non-hydrogen) atoms. The van der Waals surface area contributed by atoms with E-state index in [0.29, 0.717) is 16.5 Å². The predicted molar refractivity (Wildman–Crippen MR) is 74.0 cm³/mol. The van der Waals surface area contributed by atoms with Crippen LogP contribution in [0, 0.1) is 0 Å². The molecule has 0 aliphatic heterocycles. The van der Waals surface area contributed by atoms with E-state index in [1.54, 1.807) is 6.07 Å². The summed E-state index contributed by atoms with van der Waals surface area (Å²) < 4.78 is 0. The Hall–Kier alpha value is -1.61. The summed E-state index contributed by atoms with van der Waals surface area (Å²) in [5.41, 5.74) is 2.28. The summed E-state index contributed by atoms with van der Waals surface area (Å²) in [6.07, 6.45) is 0. The maximum atomic E-state index is 11.3. The Labute approximate surface area is 111 Å². The Bertz CT molecular complexity index is 626. The van der Waals surface area contributed by atoms with Gasteiger partial charge < -0.3 is 4.98 Å². The summed E-state index contributed by atoms with van der Waals surface area (Å²) in [6, 6.07) is 8.79. The lowest BCUT2D eigenvalue weighted by atomic mass is 9.87. The third-order valence-corrected chi connectivity index (χ3v) is 2.90. The zero-order valence-corrected chi connectivity index (χ0v) is 11.4. The van der Waals surface area contributed by atoms with E-state index in [0.717, 1.165) is 5.56 Å². The van der Waals surface area contributed by atoms with Crippen LogP contribution in [0.4, 0.5) is 0 Å². The topological polar surface area (TPSA) is 45.8 Å². The fraction of sp³-hybridized carbons (Fsp3) is 0.286. The van der Waals surface area contributed by atoms with Crippen molar-refractivity contribution in [1.82, 2.24) is 9.97 Å². The average Bonchev–Trinajstić information content (AvgIpc) is 2.27. The van der Waals surface area contributed by atoms with Gasteiger partial charge in [-0.25, -0.2) is 4.98 Å². The van der Waals surface area contributed by atoms with Crippen LogP contribution in [0.3, 0.4) is 0 Å². The Balaban J connectivity index is 2.59. The average molecular weight is 263 g/mol. The summed E-state index contributed by atoms with van der Waals surface area (Å²) in [5, 5.41) is 0.433. The molecule has 4 heteroatoms. The van der Waals surface area contributed by atoms with Gasteiger partial charge in [0.1, 0.15) is 5.15 Å². The molecule has 0 fully saturated rings. The first kappa shape index (κ1) is 12.8. The van der Waals surface area contributed by atoms with Crippen LogP contribution in [-0.4, -0.2) is 9.97 Å². The zero-order chi connectivity index (χ0) is 13.3. The first-order valence-electron chi connectivity index (χ1n) is 5.74. The van der Waals surface area contributed by atoms with Gasteiger partial charge >= 0.3 is 0 Å². The van der Waals surface area contributed by atoms with Crippen molar-refractivity contribution in [2.24, 2.45) is 0 Å². The number of H-pyrrole nitrogens is 1. The number of nitrogens with zero attached hydrogens (tertiary/aromatic N) is 1. The van der Waals surface area contributed by atoms with E-state index >= 15 is 0 Å². The minimum absolute atomic E-state index is 0.0175. The molecule has 2 aromatic rings. The number of rotatable bonds is 1. The van der Waals surface area contributed by atoms with Gasteiger partial charge in [0, 0.05) is 6.07 Å². The highest BCUT2D eigenvalue weighted by atomic mass is 35.5. The molecule has 0 amide bonds. The molecule has 2 rings (SSSR count). The van der Waals surface area contributed by atoms with Crippen LogP contribution in [0.15, 0.2) is 35.1 Å². The fourth-order valence-corrected chi connectivity index (χ4v) is 1.87. The van der Waals surface area contributed by atoms with Crippen molar-refractivity contribution in [3.63, 3.8) is 0 Å². The Morgan fingerprint density at radius 2 is 1.94 bits per heavy atom. The van der Waals surface area contributed by atoms with Crippen molar-refractivity contribution >= 4 is 11.6 Å². The third-order valence-electron chi connectivity index (χ3n) is 2.70. The summed E-state index contributed by atoms with van der Waals surface area (Å²) in [5.74, 6) is 0. The smallest absolute Gasteiger partial charge is 0.248 e. The van der Waals surface area contributed by atoms with E-state index in [9.17, 15) is 4.79 Å². The summed E-state index contributed by atoms with van der Waals surface area (Å²) in [7, 11) is 0. The molecule has 0 unspecified atom stereocenters. The van der Waals surface area contributed by atoms with Gasteiger partial charge in [-0.05, 0) is 29.2 Å². The van der Waals surface area contributed by atoms with E-state index in [2.05, 4.69) is 30.7 Å². The van der Waals surface area contributed by atoms with Gasteiger partial charge in [-0.1, -0.05) is 38.4 Å². The lowest BCUT2D eigenvalue weighted by molar-refractivity contribution is 0.589. The SMILES string of the molecule is CC(C)(C)c1cc(Cl)nc(-c2cccc(=O)[nH]2)c1. The van der Waals surface area contributed by atoms with Crippen LogP contribution in [0.25, 0.3) is 11.4 Å². The second-order valence-electron chi connectivity index (χ2n) is 5.24. The number of aromatic amines is 1. The summed E-state index contributed by atoms with van der Waals surface area (Å²) in [6.45, 7) is 6.32. The first-order valence-corrected chi connectivity index (χ1v) is 6.12. The molecule has 0 saturated carbocycles. The highest BCUT2D eigenvalue weighted by molar-refractivity contribution is 6.29. The zero-order valence-electron chi connectivity index (χ0n) is 10.6. The number of aromatic nitrogens is 2. The number of pyridine rings is 2. The first-order chi connectivity index (χ1) is 8.36. The fourth-order valence-electron chi connectivity index (χ4n) is 1.67. The van der Waals surface area contributed by atoms with E-state index < -0.39 is 0 Å². The molecule has 0 aliphatic rings. The molecule has 0 bridgehead atoms. The Morgan fingerprint density at radius 3 is 2.56 bits per heavy atom. The molecule has 0 saturated heterocycles. The minimum Gasteiger partial charge on any atom is -0.321 e. The summed E-state index contributed by atoms with van der Waals surface area (Å²) in [4.78, 5) is 18.3. The highest BCUT2D eigenvalue weighted by Gasteiger charge is 2.16. The molecule has 0 spiro atoms. The van der Waals surface area contributed by atoms with Crippen molar-refractivity contribution in [1.29, 1.82) is 0 Å². The molecule has 94 valence electrons. The standard InChI is InChI=1S/C14H15ClN2O/c1-14(2,3)9-7-11(16-12(15)8-9)10-5-4-6-13(18)17-10/h4-8H,1-3H3,(H,17,18). The lowest BCUT2D eigenvalue weighted by Gasteiger charge is -2.19. The monoisotopic (exact) mass is 262 g/mol. The van der Waals surface area contributed by atoms with Crippen molar-refractivity contribution in [3.05, 3.63) is 51.4 Å². The second kappa shape index (κ2) is 4.58. The highest BCUT2D eigenvalue weighted by Crippen LogP contribution is 2.27. The van der Waals surface area contributed by atoms with Gasteiger partial charge in [-0.3, -0.25) is 4.79 Å². The van der Waals surface area contributed by atoms with Gasteiger partial charge in [-0.2, -0.15) is 0 Å². The number of nitrogens with one attached hydrogen (secondary N) is 1. The Morgan fingerprint density at radius 1 is 1.22 bits per heavy atom. The van der Waals surface area contributed by atoms with Gasteiger partial charge in [0.05, 0.1) is 11.4 Å². The van der Waals surface area contributed by atoms with E-state index in [-0.39, 0.29) is 11.0 Å². The lowest BCUT2D eigenvalue weighted by Crippen LogP contribution is -2.12. The molecule has 2 heterocycles. The number of hydrogen-bond donors (Lipinski definition) is 1. The minimum atomic E-state index is -0.147. The van der Waals surface area contributed by atoms with Gasteiger partial charge in [0.2, 0.25) is 5.56 Å². The van der Waals surface area contributed by atoms with E-state index in [1.807, 2.05) is 18.2 Å². The molecule has 0 radical (unpaired) electrons. The summed E-state index contributed by atoms with van der Waals surface area (Å²) >= 11 is 6.04. The van der Waals surface area contributed by atoms with E-state index in [4.69, 9.17) is 11.6 Å². The second-order valence-corrected chi connectivity index (χ2v) is 5.63. The molecule has 3 nitrogen and oxygen atoms in total. The Kier molecular flexibility index (Phi) is 3.26. The molecule has 1 N–H and O–H groups in total. The van der Waals surface area contributed by atoms with E-state index in [1.165, 1.54) is 6.07 Å². The van der Waals surface area contributed by atoms with Crippen molar-refractivity contribution < 1.29 is 0 Å². The molecular weight excluding hydrogens is 248 g/mol. The van der Waals surface area contributed by atoms with Crippen LogP contribution in [0.5, 0.6) is 0 Å². The molecule has 0 aromatic carbocycles. The van der Waals surface area contributed by atoms with Crippen LogP contribution < -0.4 is 5.56 Å². The number of halogens is 1. The largest absolute Gasteiger partial charge is 0.321 e. The van der Waals surface area contributed by atoms with Crippen molar-refractivity contribution in [3.8, 4) is 11.4 Å². The molecule has 0 atom stereocenters.